The molecule has 0 aromatic carbocycles. The first-order valence-electron chi connectivity index (χ1n) is 5.81. The Kier molecular flexibility index (Phi) is 3.90. The molecule has 1 heterocycles. The van der Waals surface area contributed by atoms with Gasteiger partial charge in [0.2, 0.25) is 0 Å². The van der Waals surface area contributed by atoms with Crippen LogP contribution in [0.1, 0.15) is 31.1 Å². The lowest BCUT2D eigenvalue weighted by Crippen LogP contribution is -2.42. The van der Waals surface area contributed by atoms with E-state index in [4.69, 9.17) is 17.3 Å². The largest absolute Gasteiger partial charge is 0.327 e. The molecule has 2 nitrogen and oxygen atoms in total. The molecular formula is C12H19ClN2S. The number of hydrogen-bond acceptors (Lipinski definition) is 3. The second kappa shape index (κ2) is 5.05. The Bertz CT molecular complexity index is 353. The molecule has 1 aliphatic carbocycles. The van der Waals surface area contributed by atoms with Crippen LogP contribution in [0, 0.1) is 5.41 Å². The van der Waals surface area contributed by atoms with E-state index in [0.29, 0.717) is 6.04 Å². The van der Waals surface area contributed by atoms with Crippen molar-refractivity contribution in [2.75, 3.05) is 6.54 Å². The maximum absolute atomic E-state index is 6.14. The van der Waals surface area contributed by atoms with Gasteiger partial charge >= 0.3 is 0 Å². The van der Waals surface area contributed by atoms with E-state index in [0.717, 1.165) is 17.4 Å². The van der Waals surface area contributed by atoms with E-state index in [1.165, 1.54) is 24.1 Å². The molecule has 16 heavy (non-hydrogen) atoms. The first-order valence-corrected chi connectivity index (χ1v) is 7.00. The molecule has 1 aromatic rings. The van der Waals surface area contributed by atoms with E-state index in [1.807, 2.05) is 6.07 Å². The minimum absolute atomic E-state index is 0.279. The lowest BCUT2D eigenvalue weighted by Gasteiger charge is -2.29. The lowest BCUT2D eigenvalue weighted by atomic mass is 9.85. The van der Waals surface area contributed by atoms with Gasteiger partial charge in [-0.15, -0.1) is 11.3 Å². The van der Waals surface area contributed by atoms with Crippen molar-refractivity contribution in [2.45, 2.75) is 38.8 Å². The van der Waals surface area contributed by atoms with Crippen LogP contribution in [0.15, 0.2) is 12.1 Å². The molecule has 0 saturated heterocycles. The number of halogens is 1. The first-order chi connectivity index (χ1) is 7.60. The predicted octanol–water partition coefficient (Wildman–Crippen LogP) is 3.01. The van der Waals surface area contributed by atoms with Crippen molar-refractivity contribution in [2.24, 2.45) is 11.1 Å². The van der Waals surface area contributed by atoms with Gasteiger partial charge in [0.25, 0.3) is 0 Å². The van der Waals surface area contributed by atoms with Crippen molar-refractivity contribution in [1.82, 2.24) is 5.32 Å². The number of rotatable bonds is 4. The van der Waals surface area contributed by atoms with Gasteiger partial charge in [-0.2, -0.15) is 0 Å². The minimum Gasteiger partial charge on any atom is -0.327 e. The summed E-state index contributed by atoms with van der Waals surface area (Å²) < 4.78 is 0.862. The van der Waals surface area contributed by atoms with Crippen LogP contribution >= 0.6 is 22.9 Å². The Labute approximate surface area is 106 Å². The molecule has 4 heteroatoms. The molecule has 0 radical (unpaired) electrons. The summed E-state index contributed by atoms with van der Waals surface area (Å²) in [5, 5.41) is 3.50. The van der Waals surface area contributed by atoms with Crippen LogP contribution in [-0.4, -0.2) is 12.6 Å². The van der Waals surface area contributed by atoms with Gasteiger partial charge in [0.15, 0.2) is 0 Å². The Morgan fingerprint density at radius 2 is 2.44 bits per heavy atom. The van der Waals surface area contributed by atoms with E-state index in [2.05, 4.69) is 18.3 Å². The third-order valence-electron chi connectivity index (χ3n) is 3.62. The molecule has 1 aromatic heterocycles. The van der Waals surface area contributed by atoms with Gasteiger partial charge < -0.3 is 11.1 Å². The maximum Gasteiger partial charge on any atom is 0.0931 e. The standard InChI is InChI=1S/C12H19ClN2S/c1-12(6-2-3-10(12)14)8-15-7-9-4-5-11(13)16-9/h4-5,10,15H,2-3,6-8,14H2,1H3. The number of thiophene rings is 1. The second-order valence-electron chi connectivity index (χ2n) is 4.96. The summed E-state index contributed by atoms with van der Waals surface area (Å²) >= 11 is 7.53. The van der Waals surface area contributed by atoms with Crippen LogP contribution in [0.4, 0.5) is 0 Å². The average molecular weight is 259 g/mol. The Morgan fingerprint density at radius 1 is 1.62 bits per heavy atom. The highest BCUT2D eigenvalue weighted by Crippen LogP contribution is 2.36. The van der Waals surface area contributed by atoms with Crippen LogP contribution in [0.3, 0.4) is 0 Å². The molecule has 0 bridgehead atoms. The molecule has 0 aliphatic heterocycles. The summed E-state index contributed by atoms with van der Waals surface area (Å²) in [4.78, 5) is 1.29. The van der Waals surface area contributed by atoms with E-state index in [-0.39, 0.29) is 5.41 Å². The van der Waals surface area contributed by atoms with Gasteiger partial charge in [-0.25, -0.2) is 0 Å². The molecule has 90 valence electrons. The zero-order valence-corrected chi connectivity index (χ0v) is 11.2. The smallest absolute Gasteiger partial charge is 0.0931 e. The van der Waals surface area contributed by atoms with Gasteiger partial charge in [-0.3, -0.25) is 0 Å². The van der Waals surface area contributed by atoms with Crippen molar-refractivity contribution in [3.05, 3.63) is 21.3 Å². The van der Waals surface area contributed by atoms with Crippen LogP contribution in [-0.2, 0) is 6.54 Å². The molecule has 2 unspecified atom stereocenters. The lowest BCUT2D eigenvalue weighted by molar-refractivity contribution is 0.277. The molecule has 3 N–H and O–H groups in total. The minimum atomic E-state index is 0.279. The Balaban J connectivity index is 1.79. The highest BCUT2D eigenvalue weighted by Gasteiger charge is 2.35. The Morgan fingerprint density at radius 3 is 3.00 bits per heavy atom. The zero-order valence-electron chi connectivity index (χ0n) is 9.63. The van der Waals surface area contributed by atoms with Gasteiger partial charge in [-0.1, -0.05) is 24.9 Å². The van der Waals surface area contributed by atoms with E-state index in [9.17, 15) is 0 Å². The topological polar surface area (TPSA) is 38.0 Å². The fourth-order valence-corrected chi connectivity index (χ4v) is 3.45. The molecule has 0 spiro atoms. The first kappa shape index (κ1) is 12.4. The van der Waals surface area contributed by atoms with Crippen LogP contribution in [0.5, 0.6) is 0 Å². The summed E-state index contributed by atoms with van der Waals surface area (Å²) in [6.45, 7) is 4.20. The fraction of sp³-hybridized carbons (Fsp3) is 0.667. The number of nitrogens with one attached hydrogen (secondary N) is 1. The van der Waals surface area contributed by atoms with E-state index >= 15 is 0 Å². The monoisotopic (exact) mass is 258 g/mol. The fourth-order valence-electron chi connectivity index (χ4n) is 2.40. The molecule has 2 rings (SSSR count). The molecular weight excluding hydrogens is 240 g/mol. The maximum atomic E-state index is 6.14. The highest BCUT2D eigenvalue weighted by atomic mass is 35.5. The van der Waals surface area contributed by atoms with Crippen molar-refractivity contribution in [3.63, 3.8) is 0 Å². The summed E-state index contributed by atoms with van der Waals surface area (Å²) in [7, 11) is 0. The molecule has 1 aliphatic rings. The van der Waals surface area contributed by atoms with Gasteiger partial charge in [0, 0.05) is 24.0 Å². The van der Waals surface area contributed by atoms with Gasteiger partial charge in [0.1, 0.15) is 0 Å². The normalized spacial score (nSPS) is 29.8. The number of hydrogen-bond donors (Lipinski definition) is 2. The quantitative estimate of drug-likeness (QED) is 0.871. The summed E-state index contributed by atoms with van der Waals surface area (Å²) in [5.41, 5.74) is 6.42. The van der Waals surface area contributed by atoms with Crippen LogP contribution in [0.25, 0.3) is 0 Å². The molecule has 2 atom stereocenters. The number of nitrogens with two attached hydrogens (primary N) is 1. The Hall–Kier alpha value is -0.0900. The molecule has 1 fully saturated rings. The average Bonchev–Trinajstić information content (AvgIpc) is 2.76. The SMILES string of the molecule is CC1(CNCc2ccc(Cl)s2)CCCC1N. The van der Waals surface area contributed by atoms with Crippen molar-refractivity contribution in [3.8, 4) is 0 Å². The summed E-state index contributed by atoms with van der Waals surface area (Å²) in [6, 6.07) is 4.38. The summed E-state index contributed by atoms with van der Waals surface area (Å²) in [6.07, 6.45) is 3.68. The zero-order chi connectivity index (χ0) is 11.6. The van der Waals surface area contributed by atoms with Crippen LogP contribution in [0.2, 0.25) is 4.34 Å². The third-order valence-corrected chi connectivity index (χ3v) is 4.85. The molecule has 1 saturated carbocycles. The van der Waals surface area contributed by atoms with Crippen molar-refractivity contribution in [1.29, 1.82) is 0 Å². The third kappa shape index (κ3) is 2.77. The van der Waals surface area contributed by atoms with Gasteiger partial charge in [0.05, 0.1) is 4.34 Å². The van der Waals surface area contributed by atoms with Gasteiger partial charge in [-0.05, 0) is 30.4 Å². The summed E-state index contributed by atoms with van der Waals surface area (Å²) in [5.74, 6) is 0. The molecule has 0 amide bonds. The van der Waals surface area contributed by atoms with E-state index in [1.54, 1.807) is 11.3 Å². The predicted molar refractivity (Wildman–Crippen MR) is 71.0 cm³/mol. The van der Waals surface area contributed by atoms with Crippen LogP contribution < -0.4 is 11.1 Å². The van der Waals surface area contributed by atoms with Crippen molar-refractivity contribution >= 4 is 22.9 Å². The van der Waals surface area contributed by atoms with E-state index < -0.39 is 0 Å². The van der Waals surface area contributed by atoms with Crippen molar-refractivity contribution < 1.29 is 0 Å². The second-order valence-corrected chi connectivity index (χ2v) is 6.76. The highest BCUT2D eigenvalue weighted by molar-refractivity contribution is 7.16.